The van der Waals surface area contributed by atoms with Gasteiger partial charge in [-0.3, -0.25) is 9.78 Å². The highest BCUT2D eigenvalue weighted by Crippen LogP contribution is 2.31. The smallest absolute Gasteiger partial charge is 0.337 e. The van der Waals surface area contributed by atoms with Crippen molar-refractivity contribution in [1.29, 1.82) is 0 Å². The molecule has 7 nitrogen and oxygen atoms in total. The molecule has 1 amide bonds. The van der Waals surface area contributed by atoms with Crippen molar-refractivity contribution in [2.45, 2.75) is 0 Å². The number of benzene rings is 2. The van der Waals surface area contributed by atoms with Crippen LogP contribution >= 0.6 is 0 Å². The van der Waals surface area contributed by atoms with Gasteiger partial charge in [-0.1, -0.05) is 24.3 Å². The molecule has 0 radical (unpaired) electrons. The van der Waals surface area contributed by atoms with E-state index in [0.717, 1.165) is 16.7 Å². The fourth-order valence-electron chi connectivity index (χ4n) is 3.51. The first-order chi connectivity index (χ1) is 15.6. The number of carbonyl (C=O) groups excluding carboxylic acids is 1. The van der Waals surface area contributed by atoms with Gasteiger partial charge in [0, 0.05) is 29.5 Å². The summed E-state index contributed by atoms with van der Waals surface area (Å²) in [6, 6.07) is 19.6. The van der Waals surface area contributed by atoms with E-state index in [1.54, 1.807) is 24.4 Å². The molecule has 156 valence electrons. The summed E-state index contributed by atoms with van der Waals surface area (Å²) in [7, 11) is 0. The summed E-state index contributed by atoms with van der Waals surface area (Å²) in [6.45, 7) is 0. The van der Waals surface area contributed by atoms with Crippen LogP contribution in [0.4, 0.5) is 5.69 Å². The highest BCUT2D eigenvalue weighted by atomic mass is 16.4. The van der Waals surface area contributed by atoms with Crippen LogP contribution in [0.1, 0.15) is 20.7 Å². The third-order valence-corrected chi connectivity index (χ3v) is 5.10. The van der Waals surface area contributed by atoms with Gasteiger partial charge in [-0.05, 0) is 42.5 Å². The van der Waals surface area contributed by atoms with Crippen molar-refractivity contribution in [1.82, 2.24) is 9.55 Å². The minimum Gasteiger partial charge on any atom is -0.478 e. The number of pyridine rings is 1. The molecule has 7 heteroatoms. The number of para-hydroxylation sites is 1. The Morgan fingerprint density at radius 2 is 1.75 bits per heavy atom. The standard InChI is InChI=1S/C25H17N3O4/c29-24(18-11-19(15-26-14-18)28-9-3-4-10-28)27-21-12-17(7-8-20(21)25(30)31)23-13-16-5-1-2-6-22(16)32-23/h1-15H,(H,27,29)(H,30,31). The van der Waals surface area contributed by atoms with Gasteiger partial charge in [0.2, 0.25) is 0 Å². The number of hydrogen-bond acceptors (Lipinski definition) is 4. The number of aromatic carboxylic acids is 1. The summed E-state index contributed by atoms with van der Waals surface area (Å²) in [5.41, 5.74) is 2.56. The monoisotopic (exact) mass is 423 g/mol. The van der Waals surface area contributed by atoms with E-state index in [-0.39, 0.29) is 11.3 Å². The molecule has 5 rings (SSSR count). The summed E-state index contributed by atoms with van der Waals surface area (Å²) < 4.78 is 7.71. The molecule has 2 N–H and O–H groups in total. The summed E-state index contributed by atoms with van der Waals surface area (Å²) in [6.07, 6.45) is 6.77. The molecule has 0 aliphatic carbocycles. The van der Waals surface area contributed by atoms with Crippen LogP contribution < -0.4 is 5.32 Å². The predicted molar refractivity (Wildman–Crippen MR) is 120 cm³/mol. The second-order valence-electron chi connectivity index (χ2n) is 7.19. The van der Waals surface area contributed by atoms with Crippen molar-refractivity contribution < 1.29 is 19.1 Å². The molecule has 0 aliphatic rings. The van der Waals surface area contributed by atoms with Crippen LogP contribution in [0.15, 0.2) is 95.9 Å². The lowest BCUT2D eigenvalue weighted by molar-refractivity contribution is 0.0698. The Kier molecular flexibility index (Phi) is 4.76. The van der Waals surface area contributed by atoms with Gasteiger partial charge >= 0.3 is 5.97 Å². The van der Waals surface area contributed by atoms with Crippen molar-refractivity contribution in [2.24, 2.45) is 0 Å². The van der Waals surface area contributed by atoms with E-state index in [1.807, 2.05) is 59.4 Å². The number of fused-ring (bicyclic) bond motifs is 1. The number of carboxylic acids is 1. The Labute approximate surface area is 182 Å². The number of carboxylic acid groups (broad SMARTS) is 1. The van der Waals surface area contributed by atoms with Crippen LogP contribution in [-0.4, -0.2) is 26.5 Å². The lowest BCUT2D eigenvalue weighted by atomic mass is 10.1. The van der Waals surface area contributed by atoms with Gasteiger partial charge in [-0.25, -0.2) is 4.79 Å². The lowest BCUT2D eigenvalue weighted by Gasteiger charge is -2.11. The second kappa shape index (κ2) is 7.88. The maximum absolute atomic E-state index is 12.9. The first kappa shape index (κ1) is 19.3. The van der Waals surface area contributed by atoms with E-state index >= 15 is 0 Å². The highest BCUT2D eigenvalue weighted by molar-refractivity contribution is 6.08. The molecular weight excluding hydrogens is 406 g/mol. The number of rotatable bonds is 5. The minimum atomic E-state index is -1.14. The minimum absolute atomic E-state index is 0.0206. The topological polar surface area (TPSA) is 97.4 Å². The molecule has 0 bridgehead atoms. The number of carbonyl (C=O) groups is 2. The number of nitrogens with zero attached hydrogens (tertiary/aromatic N) is 2. The fraction of sp³-hybridized carbons (Fsp3) is 0. The SMILES string of the molecule is O=C(Nc1cc(-c2cc3ccccc3o2)ccc1C(=O)O)c1cncc(-n2cccc2)c1. The maximum atomic E-state index is 12.9. The number of furan rings is 1. The zero-order valence-corrected chi connectivity index (χ0v) is 16.7. The molecule has 2 aromatic carbocycles. The van der Waals surface area contributed by atoms with E-state index in [2.05, 4.69) is 10.3 Å². The Morgan fingerprint density at radius 3 is 2.53 bits per heavy atom. The fourth-order valence-corrected chi connectivity index (χ4v) is 3.51. The van der Waals surface area contributed by atoms with E-state index in [1.165, 1.54) is 12.3 Å². The Bertz CT molecular complexity index is 1420. The zero-order valence-electron chi connectivity index (χ0n) is 16.7. The van der Waals surface area contributed by atoms with Gasteiger partial charge in [0.25, 0.3) is 5.91 Å². The third-order valence-electron chi connectivity index (χ3n) is 5.10. The zero-order chi connectivity index (χ0) is 22.1. The Hall–Kier alpha value is -4.65. The van der Waals surface area contributed by atoms with Crippen LogP contribution in [0.5, 0.6) is 0 Å². The number of hydrogen-bond donors (Lipinski definition) is 2. The van der Waals surface area contributed by atoms with Crippen LogP contribution in [0.3, 0.4) is 0 Å². The maximum Gasteiger partial charge on any atom is 0.337 e. The van der Waals surface area contributed by atoms with Gasteiger partial charge in [0.05, 0.1) is 28.7 Å². The average molecular weight is 423 g/mol. The first-order valence-corrected chi connectivity index (χ1v) is 9.84. The van der Waals surface area contributed by atoms with E-state index in [9.17, 15) is 14.7 Å². The van der Waals surface area contributed by atoms with Gasteiger partial charge in [0.15, 0.2) is 0 Å². The van der Waals surface area contributed by atoms with Gasteiger partial charge < -0.3 is 19.4 Å². The molecule has 0 saturated heterocycles. The van der Waals surface area contributed by atoms with Crippen molar-refractivity contribution in [3.8, 4) is 17.0 Å². The third kappa shape index (κ3) is 3.63. The summed E-state index contributed by atoms with van der Waals surface area (Å²) in [5.74, 6) is -1.03. The Balaban J connectivity index is 1.49. The first-order valence-electron chi connectivity index (χ1n) is 9.84. The van der Waals surface area contributed by atoms with Crippen molar-refractivity contribution in [2.75, 3.05) is 5.32 Å². The predicted octanol–water partition coefficient (Wildman–Crippen LogP) is 5.24. The quantitative estimate of drug-likeness (QED) is 0.403. The molecule has 0 spiro atoms. The van der Waals surface area contributed by atoms with Crippen molar-refractivity contribution in [3.05, 3.63) is 103 Å². The molecule has 3 heterocycles. The average Bonchev–Trinajstić information content (AvgIpc) is 3.49. The molecule has 0 unspecified atom stereocenters. The van der Waals surface area contributed by atoms with Gasteiger partial charge in [-0.15, -0.1) is 0 Å². The molecule has 0 saturated carbocycles. The second-order valence-corrected chi connectivity index (χ2v) is 7.19. The highest BCUT2D eigenvalue weighted by Gasteiger charge is 2.17. The largest absolute Gasteiger partial charge is 0.478 e. The van der Waals surface area contributed by atoms with E-state index < -0.39 is 11.9 Å². The molecular formula is C25H17N3O4. The number of nitrogens with one attached hydrogen (secondary N) is 1. The van der Waals surface area contributed by atoms with Crippen LogP contribution in [0, 0.1) is 0 Å². The molecule has 0 aliphatic heterocycles. The molecule has 0 fully saturated rings. The van der Waals surface area contributed by atoms with E-state index in [0.29, 0.717) is 16.9 Å². The van der Waals surface area contributed by atoms with Crippen LogP contribution in [0.25, 0.3) is 28.0 Å². The van der Waals surface area contributed by atoms with Crippen LogP contribution in [0.2, 0.25) is 0 Å². The van der Waals surface area contributed by atoms with Crippen molar-refractivity contribution in [3.63, 3.8) is 0 Å². The molecule has 0 atom stereocenters. The molecule has 32 heavy (non-hydrogen) atoms. The summed E-state index contributed by atoms with van der Waals surface area (Å²) >= 11 is 0. The van der Waals surface area contributed by atoms with Crippen molar-refractivity contribution >= 4 is 28.5 Å². The number of aromatic nitrogens is 2. The van der Waals surface area contributed by atoms with Gasteiger partial charge in [-0.2, -0.15) is 0 Å². The van der Waals surface area contributed by atoms with E-state index in [4.69, 9.17) is 4.42 Å². The molecule has 5 aromatic rings. The van der Waals surface area contributed by atoms with Crippen LogP contribution in [-0.2, 0) is 0 Å². The molecule has 3 aromatic heterocycles. The Morgan fingerprint density at radius 1 is 0.938 bits per heavy atom. The van der Waals surface area contributed by atoms with Gasteiger partial charge in [0.1, 0.15) is 11.3 Å². The normalized spacial score (nSPS) is 10.9. The summed E-state index contributed by atoms with van der Waals surface area (Å²) in [5, 5.41) is 13.3. The lowest BCUT2D eigenvalue weighted by Crippen LogP contribution is -2.15. The summed E-state index contributed by atoms with van der Waals surface area (Å²) in [4.78, 5) is 28.8. The number of amides is 1. The number of anilines is 1.